The van der Waals surface area contributed by atoms with Gasteiger partial charge in [-0.15, -0.1) is 0 Å². The van der Waals surface area contributed by atoms with E-state index < -0.39 is 0 Å². The van der Waals surface area contributed by atoms with E-state index in [1.54, 1.807) is 30.5 Å². The first kappa shape index (κ1) is 21.8. The summed E-state index contributed by atoms with van der Waals surface area (Å²) in [5.74, 6) is 0.346. The van der Waals surface area contributed by atoms with Crippen molar-refractivity contribution in [3.8, 4) is 5.75 Å². The van der Waals surface area contributed by atoms with Gasteiger partial charge in [-0.1, -0.05) is 49.4 Å². The summed E-state index contributed by atoms with van der Waals surface area (Å²) in [7, 11) is 0. The first-order chi connectivity index (χ1) is 15.1. The largest absolute Gasteiger partial charge is 0.489 e. The van der Waals surface area contributed by atoms with Gasteiger partial charge in [0, 0.05) is 17.7 Å². The second-order valence-electron chi connectivity index (χ2n) is 6.92. The molecule has 2 N–H and O–H groups in total. The van der Waals surface area contributed by atoms with Crippen LogP contribution in [0.5, 0.6) is 5.75 Å². The molecule has 0 spiro atoms. The number of amides is 2. The Hall–Kier alpha value is -3.93. The van der Waals surface area contributed by atoms with Crippen molar-refractivity contribution in [3.05, 3.63) is 95.6 Å². The molecule has 2 amide bonds. The summed E-state index contributed by atoms with van der Waals surface area (Å²) in [6.07, 6.45) is 2.81. The minimum Gasteiger partial charge on any atom is -0.489 e. The van der Waals surface area contributed by atoms with Crippen LogP contribution >= 0.6 is 0 Å². The molecule has 0 heterocycles. The number of ether oxygens (including phenoxy) is 1. The molecular formula is C25H25N3O3. The smallest absolute Gasteiger partial charge is 0.271 e. The number of nitrogens with zero attached hydrogens (tertiary/aromatic N) is 1. The Bertz CT molecular complexity index is 1030. The van der Waals surface area contributed by atoms with Crippen molar-refractivity contribution in [1.82, 2.24) is 5.43 Å². The number of hydrazone groups is 1. The molecule has 0 aliphatic carbocycles. The number of rotatable bonds is 9. The molecule has 0 aromatic heterocycles. The summed E-state index contributed by atoms with van der Waals surface area (Å²) in [6, 6.07) is 24.1. The Morgan fingerprint density at radius 1 is 0.968 bits per heavy atom. The summed E-state index contributed by atoms with van der Waals surface area (Å²) in [4.78, 5) is 23.9. The molecule has 0 bridgehead atoms. The number of carbonyl (C=O) groups excluding carboxylic acids is 2. The second-order valence-corrected chi connectivity index (χ2v) is 6.92. The van der Waals surface area contributed by atoms with Crippen LogP contribution in [0, 0.1) is 0 Å². The van der Waals surface area contributed by atoms with Gasteiger partial charge in [0.25, 0.3) is 5.91 Å². The van der Waals surface area contributed by atoms with Gasteiger partial charge < -0.3 is 10.1 Å². The molecule has 0 unspecified atom stereocenters. The van der Waals surface area contributed by atoms with Gasteiger partial charge in [0.1, 0.15) is 12.4 Å². The highest BCUT2D eigenvalue weighted by atomic mass is 16.5. The van der Waals surface area contributed by atoms with Crippen molar-refractivity contribution in [3.63, 3.8) is 0 Å². The van der Waals surface area contributed by atoms with E-state index in [-0.39, 0.29) is 11.8 Å². The Labute approximate surface area is 182 Å². The predicted octanol–water partition coefficient (Wildman–Crippen LogP) is 4.77. The SMILES string of the molecule is CCCC(=O)Nc1ccc(C(=O)NN=Cc2cccc(OCc3ccccc3)c2)cc1. The van der Waals surface area contributed by atoms with Crippen LogP contribution in [0.25, 0.3) is 0 Å². The zero-order valence-electron chi connectivity index (χ0n) is 17.4. The molecule has 0 saturated heterocycles. The molecule has 0 fully saturated rings. The second kappa shape index (κ2) is 11.3. The number of anilines is 1. The molecule has 3 aromatic rings. The van der Waals surface area contributed by atoms with Crippen LogP contribution in [-0.2, 0) is 11.4 Å². The van der Waals surface area contributed by atoms with Crippen LogP contribution in [0.4, 0.5) is 5.69 Å². The van der Waals surface area contributed by atoms with E-state index in [1.165, 1.54) is 0 Å². The van der Waals surface area contributed by atoms with E-state index >= 15 is 0 Å². The van der Waals surface area contributed by atoms with Gasteiger partial charge in [0.15, 0.2) is 0 Å². The lowest BCUT2D eigenvalue weighted by Gasteiger charge is -2.07. The van der Waals surface area contributed by atoms with Crippen LogP contribution in [0.1, 0.15) is 41.3 Å². The third kappa shape index (κ3) is 7.12. The lowest BCUT2D eigenvalue weighted by molar-refractivity contribution is -0.116. The number of hydrogen-bond donors (Lipinski definition) is 2. The van der Waals surface area contributed by atoms with Crippen molar-refractivity contribution < 1.29 is 14.3 Å². The average Bonchev–Trinajstić information content (AvgIpc) is 2.79. The Kier molecular flexibility index (Phi) is 7.94. The van der Waals surface area contributed by atoms with Gasteiger partial charge in [-0.25, -0.2) is 5.43 Å². The Balaban J connectivity index is 1.51. The van der Waals surface area contributed by atoms with E-state index in [9.17, 15) is 9.59 Å². The van der Waals surface area contributed by atoms with E-state index in [0.29, 0.717) is 24.3 Å². The Morgan fingerprint density at radius 2 is 1.74 bits per heavy atom. The van der Waals surface area contributed by atoms with Crippen LogP contribution in [0.15, 0.2) is 84.0 Å². The normalized spacial score (nSPS) is 10.6. The molecule has 3 rings (SSSR count). The topological polar surface area (TPSA) is 79.8 Å². The number of carbonyl (C=O) groups is 2. The quantitative estimate of drug-likeness (QED) is 0.390. The van der Waals surface area contributed by atoms with E-state index in [0.717, 1.165) is 23.3 Å². The highest BCUT2D eigenvalue weighted by Crippen LogP contribution is 2.14. The third-order valence-corrected chi connectivity index (χ3v) is 4.39. The van der Waals surface area contributed by atoms with Gasteiger partial charge in [0.05, 0.1) is 6.21 Å². The maximum atomic E-state index is 12.3. The maximum Gasteiger partial charge on any atom is 0.271 e. The first-order valence-electron chi connectivity index (χ1n) is 10.1. The summed E-state index contributed by atoms with van der Waals surface area (Å²) < 4.78 is 5.80. The van der Waals surface area contributed by atoms with Crippen molar-refractivity contribution in [1.29, 1.82) is 0 Å². The number of hydrogen-bond acceptors (Lipinski definition) is 4. The van der Waals surface area contributed by atoms with Crippen molar-refractivity contribution in [2.75, 3.05) is 5.32 Å². The lowest BCUT2D eigenvalue weighted by atomic mass is 10.2. The molecular weight excluding hydrogens is 390 g/mol. The first-order valence-corrected chi connectivity index (χ1v) is 10.1. The fourth-order valence-electron chi connectivity index (χ4n) is 2.81. The molecule has 0 aliphatic heterocycles. The molecule has 0 aliphatic rings. The molecule has 31 heavy (non-hydrogen) atoms. The highest BCUT2D eigenvalue weighted by Gasteiger charge is 2.05. The van der Waals surface area contributed by atoms with Gasteiger partial charge in [-0.3, -0.25) is 9.59 Å². The summed E-state index contributed by atoms with van der Waals surface area (Å²) >= 11 is 0. The molecule has 6 heteroatoms. The van der Waals surface area contributed by atoms with Crippen LogP contribution < -0.4 is 15.5 Å². The lowest BCUT2D eigenvalue weighted by Crippen LogP contribution is -2.17. The Morgan fingerprint density at radius 3 is 2.48 bits per heavy atom. The number of benzene rings is 3. The predicted molar refractivity (Wildman–Crippen MR) is 122 cm³/mol. The van der Waals surface area contributed by atoms with Gasteiger partial charge in [0.2, 0.25) is 5.91 Å². The van der Waals surface area contributed by atoms with Gasteiger partial charge in [-0.05, 0) is 53.9 Å². The van der Waals surface area contributed by atoms with Crippen molar-refractivity contribution >= 4 is 23.7 Å². The zero-order chi connectivity index (χ0) is 21.9. The van der Waals surface area contributed by atoms with Crippen LogP contribution in [0.2, 0.25) is 0 Å². The molecule has 3 aromatic carbocycles. The molecule has 158 valence electrons. The van der Waals surface area contributed by atoms with Crippen molar-refractivity contribution in [2.45, 2.75) is 26.4 Å². The third-order valence-electron chi connectivity index (χ3n) is 4.39. The van der Waals surface area contributed by atoms with Crippen LogP contribution in [-0.4, -0.2) is 18.0 Å². The fraction of sp³-hybridized carbons (Fsp3) is 0.160. The van der Waals surface area contributed by atoms with E-state index in [1.807, 2.05) is 61.5 Å². The van der Waals surface area contributed by atoms with E-state index in [4.69, 9.17) is 4.74 Å². The molecule has 0 saturated carbocycles. The standard InChI is InChI=1S/C25H25N3O3/c1-2-7-24(29)27-22-14-12-21(13-15-22)25(30)28-26-17-20-10-6-11-23(16-20)31-18-19-8-4-3-5-9-19/h3-6,8-17H,2,7,18H2,1H3,(H,27,29)(H,28,30). The molecule has 6 nitrogen and oxygen atoms in total. The number of nitrogens with one attached hydrogen (secondary N) is 2. The highest BCUT2D eigenvalue weighted by molar-refractivity contribution is 5.96. The fourth-order valence-corrected chi connectivity index (χ4v) is 2.81. The monoisotopic (exact) mass is 415 g/mol. The van der Waals surface area contributed by atoms with Crippen molar-refractivity contribution in [2.24, 2.45) is 5.10 Å². The molecule has 0 atom stereocenters. The minimum absolute atomic E-state index is 0.0423. The average molecular weight is 415 g/mol. The van der Waals surface area contributed by atoms with Gasteiger partial charge >= 0.3 is 0 Å². The summed E-state index contributed by atoms with van der Waals surface area (Å²) in [5.41, 5.74) is 5.51. The van der Waals surface area contributed by atoms with E-state index in [2.05, 4.69) is 15.8 Å². The molecule has 0 radical (unpaired) electrons. The zero-order valence-corrected chi connectivity index (χ0v) is 17.4. The summed E-state index contributed by atoms with van der Waals surface area (Å²) in [5, 5.41) is 6.81. The summed E-state index contributed by atoms with van der Waals surface area (Å²) in [6.45, 7) is 2.43. The minimum atomic E-state index is -0.334. The van der Waals surface area contributed by atoms with Gasteiger partial charge in [-0.2, -0.15) is 5.10 Å². The van der Waals surface area contributed by atoms with Crippen LogP contribution in [0.3, 0.4) is 0 Å². The maximum absolute atomic E-state index is 12.3.